The van der Waals surface area contributed by atoms with E-state index < -0.39 is 0 Å². The molecule has 2 aromatic rings. The predicted octanol–water partition coefficient (Wildman–Crippen LogP) is 2.55. The summed E-state index contributed by atoms with van der Waals surface area (Å²) in [5.74, 6) is 0.495. The van der Waals surface area contributed by atoms with Gasteiger partial charge < -0.3 is 10.5 Å². The molecule has 0 atom stereocenters. The highest BCUT2D eigenvalue weighted by molar-refractivity contribution is 5.49. The number of hydrogen-bond acceptors (Lipinski definition) is 3. The van der Waals surface area contributed by atoms with Crippen molar-refractivity contribution >= 4 is 5.69 Å². The molecule has 0 aliphatic carbocycles. The molecule has 2 rings (SSSR count). The van der Waals surface area contributed by atoms with Gasteiger partial charge in [-0.1, -0.05) is 30.3 Å². The van der Waals surface area contributed by atoms with E-state index in [2.05, 4.69) is 4.98 Å². The largest absolute Gasteiger partial charge is 0.471 e. The highest BCUT2D eigenvalue weighted by Crippen LogP contribution is 2.19. The standard InChI is InChI=1S/C13H14N2O/c1-10-7-12(14)13(15-8-10)16-9-11-5-3-2-4-6-11/h2-8H,9,14H2,1H3. The number of benzene rings is 1. The van der Waals surface area contributed by atoms with E-state index in [1.807, 2.05) is 43.3 Å². The molecule has 0 fully saturated rings. The van der Waals surface area contributed by atoms with Crippen LogP contribution in [0.4, 0.5) is 5.69 Å². The van der Waals surface area contributed by atoms with Crippen LogP contribution in [0, 0.1) is 6.92 Å². The highest BCUT2D eigenvalue weighted by Gasteiger charge is 2.02. The molecule has 1 heterocycles. The summed E-state index contributed by atoms with van der Waals surface area (Å²) in [4.78, 5) is 4.15. The zero-order chi connectivity index (χ0) is 11.4. The number of nitrogen functional groups attached to an aromatic ring is 1. The number of hydrogen-bond donors (Lipinski definition) is 1. The van der Waals surface area contributed by atoms with Gasteiger partial charge in [0.2, 0.25) is 5.88 Å². The van der Waals surface area contributed by atoms with Gasteiger partial charge >= 0.3 is 0 Å². The smallest absolute Gasteiger partial charge is 0.237 e. The van der Waals surface area contributed by atoms with Crippen molar-refractivity contribution in [1.29, 1.82) is 0 Å². The number of nitrogens with zero attached hydrogens (tertiary/aromatic N) is 1. The van der Waals surface area contributed by atoms with Crippen LogP contribution in [0.25, 0.3) is 0 Å². The van der Waals surface area contributed by atoms with Gasteiger partial charge in [-0.2, -0.15) is 0 Å². The first-order valence-electron chi connectivity index (χ1n) is 5.14. The van der Waals surface area contributed by atoms with Crippen LogP contribution in [-0.4, -0.2) is 4.98 Å². The van der Waals surface area contributed by atoms with Crippen molar-refractivity contribution in [2.45, 2.75) is 13.5 Å². The summed E-state index contributed by atoms with van der Waals surface area (Å²) < 4.78 is 5.54. The zero-order valence-electron chi connectivity index (χ0n) is 9.18. The maximum absolute atomic E-state index is 5.80. The summed E-state index contributed by atoms with van der Waals surface area (Å²) in [6.45, 7) is 2.44. The fourth-order valence-electron chi connectivity index (χ4n) is 1.43. The number of anilines is 1. The van der Waals surface area contributed by atoms with Crippen LogP contribution in [0.5, 0.6) is 5.88 Å². The number of nitrogens with two attached hydrogens (primary N) is 1. The Balaban J connectivity index is 2.05. The minimum atomic E-state index is 0.487. The summed E-state index contributed by atoms with van der Waals surface area (Å²) in [5, 5.41) is 0. The Kier molecular flexibility index (Phi) is 3.05. The maximum atomic E-state index is 5.80. The Morgan fingerprint density at radius 3 is 2.69 bits per heavy atom. The molecule has 16 heavy (non-hydrogen) atoms. The van der Waals surface area contributed by atoms with E-state index in [9.17, 15) is 0 Å². The van der Waals surface area contributed by atoms with Gasteiger partial charge in [-0.25, -0.2) is 4.98 Å². The summed E-state index contributed by atoms with van der Waals surface area (Å²) in [7, 11) is 0. The summed E-state index contributed by atoms with van der Waals surface area (Å²) >= 11 is 0. The first kappa shape index (κ1) is 10.5. The van der Waals surface area contributed by atoms with Crippen molar-refractivity contribution in [3.63, 3.8) is 0 Å². The van der Waals surface area contributed by atoms with Crippen molar-refractivity contribution in [1.82, 2.24) is 4.98 Å². The lowest BCUT2D eigenvalue weighted by Crippen LogP contribution is -2.00. The third-order valence-electron chi connectivity index (χ3n) is 2.23. The van der Waals surface area contributed by atoms with E-state index in [-0.39, 0.29) is 0 Å². The molecular formula is C13H14N2O. The number of rotatable bonds is 3. The van der Waals surface area contributed by atoms with E-state index in [4.69, 9.17) is 10.5 Å². The van der Waals surface area contributed by atoms with Gasteiger partial charge in [-0.3, -0.25) is 0 Å². The third kappa shape index (κ3) is 2.51. The normalized spacial score (nSPS) is 10.1. The molecule has 82 valence electrons. The molecule has 0 aliphatic heterocycles. The SMILES string of the molecule is Cc1cnc(OCc2ccccc2)c(N)c1. The molecule has 0 radical (unpaired) electrons. The molecule has 0 saturated carbocycles. The van der Waals surface area contributed by atoms with Gasteiger partial charge in [0, 0.05) is 6.20 Å². The van der Waals surface area contributed by atoms with Gasteiger partial charge in [-0.15, -0.1) is 0 Å². The molecule has 0 aliphatic rings. The Bertz CT molecular complexity index is 469. The Hall–Kier alpha value is -2.03. The average molecular weight is 214 g/mol. The fourth-order valence-corrected chi connectivity index (χ4v) is 1.43. The third-order valence-corrected chi connectivity index (χ3v) is 2.23. The van der Waals surface area contributed by atoms with Crippen LogP contribution in [0.1, 0.15) is 11.1 Å². The number of aryl methyl sites for hydroxylation is 1. The minimum absolute atomic E-state index is 0.487. The van der Waals surface area contributed by atoms with Crippen LogP contribution in [0.15, 0.2) is 42.6 Å². The van der Waals surface area contributed by atoms with Gasteiger partial charge in [0.05, 0.1) is 5.69 Å². The summed E-state index contributed by atoms with van der Waals surface area (Å²) in [6.07, 6.45) is 1.75. The van der Waals surface area contributed by atoms with E-state index in [1.165, 1.54) is 0 Å². The van der Waals surface area contributed by atoms with Crippen molar-refractivity contribution in [2.24, 2.45) is 0 Å². The Labute approximate surface area is 94.9 Å². The lowest BCUT2D eigenvalue weighted by atomic mass is 10.2. The van der Waals surface area contributed by atoms with Gasteiger partial charge in [0.25, 0.3) is 0 Å². The molecule has 3 nitrogen and oxygen atoms in total. The van der Waals surface area contributed by atoms with E-state index in [0.717, 1.165) is 11.1 Å². The fraction of sp³-hybridized carbons (Fsp3) is 0.154. The van der Waals surface area contributed by atoms with Crippen LogP contribution in [0.2, 0.25) is 0 Å². The van der Waals surface area contributed by atoms with E-state index in [0.29, 0.717) is 18.2 Å². The minimum Gasteiger partial charge on any atom is -0.471 e. The molecule has 2 N–H and O–H groups in total. The summed E-state index contributed by atoms with van der Waals surface area (Å²) in [6, 6.07) is 11.8. The lowest BCUT2D eigenvalue weighted by Gasteiger charge is -2.07. The first-order chi connectivity index (χ1) is 7.75. The number of pyridine rings is 1. The Morgan fingerprint density at radius 1 is 1.25 bits per heavy atom. The number of ether oxygens (including phenoxy) is 1. The quantitative estimate of drug-likeness (QED) is 0.854. The lowest BCUT2D eigenvalue weighted by molar-refractivity contribution is 0.295. The molecule has 1 aromatic carbocycles. The molecule has 0 spiro atoms. The number of aromatic nitrogens is 1. The predicted molar refractivity (Wildman–Crippen MR) is 64.2 cm³/mol. The average Bonchev–Trinajstić information content (AvgIpc) is 2.29. The molecule has 0 unspecified atom stereocenters. The van der Waals surface area contributed by atoms with Crippen molar-refractivity contribution in [3.05, 3.63) is 53.7 Å². The molecule has 1 aromatic heterocycles. The second kappa shape index (κ2) is 4.66. The van der Waals surface area contributed by atoms with Crippen LogP contribution in [0.3, 0.4) is 0 Å². The Morgan fingerprint density at radius 2 is 2.00 bits per heavy atom. The molecule has 3 heteroatoms. The molecule has 0 saturated heterocycles. The van der Waals surface area contributed by atoms with Crippen molar-refractivity contribution < 1.29 is 4.74 Å². The zero-order valence-corrected chi connectivity index (χ0v) is 9.18. The molecule has 0 bridgehead atoms. The van der Waals surface area contributed by atoms with E-state index in [1.54, 1.807) is 6.20 Å². The first-order valence-corrected chi connectivity index (χ1v) is 5.14. The van der Waals surface area contributed by atoms with Gasteiger partial charge in [-0.05, 0) is 24.1 Å². The molecular weight excluding hydrogens is 200 g/mol. The van der Waals surface area contributed by atoms with Crippen LogP contribution >= 0.6 is 0 Å². The van der Waals surface area contributed by atoms with E-state index >= 15 is 0 Å². The second-order valence-corrected chi connectivity index (χ2v) is 3.68. The topological polar surface area (TPSA) is 48.1 Å². The van der Waals surface area contributed by atoms with Crippen molar-refractivity contribution in [3.8, 4) is 5.88 Å². The maximum Gasteiger partial charge on any atom is 0.237 e. The van der Waals surface area contributed by atoms with Crippen molar-refractivity contribution in [2.75, 3.05) is 5.73 Å². The second-order valence-electron chi connectivity index (χ2n) is 3.68. The monoisotopic (exact) mass is 214 g/mol. The molecule has 0 amide bonds. The summed E-state index contributed by atoms with van der Waals surface area (Å²) in [5.41, 5.74) is 8.51. The van der Waals surface area contributed by atoms with Gasteiger partial charge in [0.15, 0.2) is 0 Å². The van der Waals surface area contributed by atoms with Crippen LogP contribution < -0.4 is 10.5 Å². The van der Waals surface area contributed by atoms with Crippen LogP contribution in [-0.2, 0) is 6.61 Å². The van der Waals surface area contributed by atoms with Gasteiger partial charge in [0.1, 0.15) is 6.61 Å². The highest BCUT2D eigenvalue weighted by atomic mass is 16.5.